The SMILES string of the molecule is CC=CC(=O)OCCCCCCCCCCCCCCCCCC[Si](C)(C)F. The van der Waals surface area contributed by atoms with Crippen LogP contribution in [0, 0.1) is 0 Å². The summed E-state index contributed by atoms with van der Waals surface area (Å²) >= 11 is 0. The van der Waals surface area contributed by atoms with Gasteiger partial charge in [-0.2, -0.15) is 0 Å². The minimum absolute atomic E-state index is 0.221. The molecular formula is C24H47FO2Si. The van der Waals surface area contributed by atoms with E-state index in [9.17, 15) is 8.90 Å². The first-order valence-corrected chi connectivity index (χ1v) is 15.0. The van der Waals surface area contributed by atoms with Gasteiger partial charge in [0.25, 0.3) is 0 Å². The average Bonchev–Trinajstić information content (AvgIpc) is 2.63. The maximum atomic E-state index is 13.5. The second-order valence-electron chi connectivity index (χ2n) is 8.79. The van der Waals surface area contributed by atoms with Gasteiger partial charge in [0.2, 0.25) is 8.41 Å². The second-order valence-corrected chi connectivity index (χ2v) is 12.7. The van der Waals surface area contributed by atoms with Crippen molar-refractivity contribution in [2.24, 2.45) is 0 Å². The first-order valence-electron chi connectivity index (χ1n) is 11.9. The third kappa shape index (κ3) is 23.4. The molecule has 4 heteroatoms. The molecule has 0 aliphatic heterocycles. The van der Waals surface area contributed by atoms with Crippen LogP contribution in [0.5, 0.6) is 0 Å². The molecule has 0 spiro atoms. The molecule has 0 aromatic carbocycles. The standard InChI is InChI=1S/C24H47FO2Si/c1-4-21-24(26)27-22-19-17-15-13-11-9-7-5-6-8-10-12-14-16-18-20-23-28(2,3)25/h4,21H,5-20,22-23H2,1-3H3. The number of esters is 1. The van der Waals surface area contributed by atoms with Crippen LogP contribution in [0.15, 0.2) is 12.2 Å². The number of allylic oxidation sites excluding steroid dienone is 1. The lowest BCUT2D eigenvalue weighted by molar-refractivity contribution is -0.137. The minimum atomic E-state index is -2.29. The van der Waals surface area contributed by atoms with Crippen molar-refractivity contribution in [2.45, 2.75) is 129 Å². The lowest BCUT2D eigenvalue weighted by Crippen LogP contribution is -2.16. The quantitative estimate of drug-likeness (QED) is 0.0656. The summed E-state index contributed by atoms with van der Waals surface area (Å²) < 4.78 is 18.5. The Bertz CT molecular complexity index is 377. The van der Waals surface area contributed by atoms with Crippen LogP contribution in [0.25, 0.3) is 0 Å². The van der Waals surface area contributed by atoms with Crippen LogP contribution in [-0.4, -0.2) is 21.0 Å². The highest BCUT2D eigenvalue weighted by Gasteiger charge is 2.18. The zero-order chi connectivity index (χ0) is 20.9. The van der Waals surface area contributed by atoms with Crippen molar-refractivity contribution in [1.82, 2.24) is 0 Å². The fourth-order valence-electron chi connectivity index (χ4n) is 3.48. The van der Waals surface area contributed by atoms with Crippen LogP contribution in [0.1, 0.15) is 110 Å². The number of halogens is 1. The number of rotatable bonds is 20. The van der Waals surface area contributed by atoms with E-state index in [1.165, 1.54) is 89.5 Å². The molecule has 0 radical (unpaired) electrons. The van der Waals surface area contributed by atoms with Gasteiger partial charge in [-0.25, -0.2) is 4.79 Å². The molecule has 28 heavy (non-hydrogen) atoms. The molecule has 2 nitrogen and oxygen atoms in total. The Morgan fingerprint density at radius 3 is 1.43 bits per heavy atom. The summed E-state index contributed by atoms with van der Waals surface area (Å²) in [6.45, 7) is 6.02. The molecule has 0 unspecified atom stereocenters. The molecule has 166 valence electrons. The van der Waals surface area contributed by atoms with Gasteiger partial charge in [0, 0.05) is 6.08 Å². The number of carbonyl (C=O) groups excluding carboxylic acids is 1. The number of ether oxygens (including phenoxy) is 1. The lowest BCUT2D eigenvalue weighted by Gasteiger charge is -2.09. The zero-order valence-corrected chi connectivity index (χ0v) is 20.1. The normalized spacial score (nSPS) is 12.0. The summed E-state index contributed by atoms with van der Waals surface area (Å²) in [4.78, 5) is 11.1. The molecule has 0 aromatic rings. The first kappa shape index (κ1) is 27.4. The van der Waals surface area contributed by atoms with Crippen molar-refractivity contribution in [3.05, 3.63) is 12.2 Å². The molecule has 0 N–H and O–H groups in total. The van der Waals surface area contributed by atoms with E-state index in [1.54, 1.807) is 6.08 Å². The molecule has 0 aromatic heterocycles. The van der Waals surface area contributed by atoms with E-state index < -0.39 is 8.41 Å². The first-order chi connectivity index (χ1) is 13.5. The van der Waals surface area contributed by atoms with Crippen molar-refractivity contribution in [3.8, 4) is 0 Å². The summed E-state index contributed by atoms with van der Waals surface area (Å²) in [7, 11) is -2.29. The van der Waals surface area contributed by atoms with E-state index in [1.807, 2.05) is 20.0 Å². The summed E-state index contributed by atoms with van der Waals surface area (Å²) in [6.07, 6.45) is 23.8. The Morgan fingerprint density at radius 1 is 0.714 bits per heavy atom. The fraction of sp³-hybridized carbons (Fsp3) is 0.875. The highest BCUT2D eigenvalue weighted by molar-refractivity contribution is 6.70. The molecule has 0 saturated carbocycles. The van der Waals surface area contributed by atoms with Crippen LogP contribution >= 0.6 is 0 Å². The van der Waals surface area contributed by atoms with Crippen molar-refractivity contribution in [1.29, 1.82) is 0 Å². The topological polar surface area (TPSA) is 26.3 Å². The van der Waals surface area contributed by atoms with Gasteiger partial charge in [-0.1, -0.05) is 102 Å². The molecule has 0 saturated heterocycles. The average molecular weight is 415 g/mol. The Kier molecular flexibility index (Phi) is 19.2. The Labute approximate surface area is 175 Å². The van der Waals surface area contributed by atoms with Gasteiger partial charge in [0.05, 0.1) is 6.61 Å². The van der Waals surface area contributed by atoms with Gasteiger partial charge in [-0.3, -0.25) is 0 Å². The second kappa shape index (κ2) is 19.7. The monoisotopic (exact) mass is 414 g/mol. The van der Waals surface area contributed by atoms with E-state index >= 15 is 0 Å². The molecule has 0 atom stereocenters. The van der Waals surface area contributed by atoms with Crippen molar-refractivity contribution in [2.75, 3.05) is 6.61 Å². The van der Waals surface area contributed by atoms with E-state index in [4.69, 9.17) is 4.74 Å². The van der Waals surface area contributed by atoms with Crippen LogP contribution in [0.2, 0.25) is 19.1 Å². The highest BCUT2D eigenvalue weighted by atomic mass is 28.4. The van der Waals surface area contributed by atoms with Crippen LogP contribution in [0.4, 0.5) is 4.11 Å². The number of unbranched alkanes of at least 4 members (excludes halogenated alkanes) is 15. The van der Waals surface area contributed by atoms with Gasteiger partial charge >= 0.3 is 5.97 Å². The Morgan fingerprint density at radius 2 is 1.07 bits per heavy atom. The molecular weight excluding hydrogens is 367 g/mol. The van der Waals surface area contributed by atoms with E-state index in [0.717, 1.165) is 25.3 Å². The number of carbonyl (C=O) groups is 1. The number of hydrogen-bond acceptors (Lipinski definition) is 2. The molecule has 0 amide bonds. The molecule has 0 bridgehead atoms. The fourth-order valence-corrected chi connectivity index (χ4v) is 4.57. The van der Waals surface area contributed by atoms with Crippen LogP contribution in [0.3, 0.4) is 0 Å². The summed E-state index contributed by atoms with van der Waals surface area (Å²) in [6, 6.07) is 0.847. The predicted molar refractivity (Wildman–Crippen MR) is 123 cm³/mol. The highest BCUT2D eigenvalue weighted by Crippen LogP contribution is 2.17. The predicted octanol–water partition coefficient (Wildman–Crippen LogP) is 8.52. The molecule has 0 fully saturated rings. The molecule has 0 aliphatic carbocycles. The molecule has 0 aliphatic rings. The summed E-state index contributed by atoms with van der Waals surface area (Å²) in [5, 5.41) is 0. The van der Waals surface area contributed by atoms with Gasteiger partial charge in [0.15, 0.2) is 0 Å². The van der Waals surface area contributed by atoms with Gasteiger partial charge in [-0.15, -0.1) is 0 Å². The van der Waals surface area contributed by atoms with E-state index in [0.29, 0.717) is 6.61 Å². The van der Waals surface area contributed by atoms with Crippen molar-refractivity contribution in [3.63, 3.8) is 0 Å². The third-order valence-corrected chi connectivity index (χ3v) is 6.76. The van der Waals surface area contributed by atoms with Gasteiger partial charge < -0.3 is 8.84 Å². The maximum absolute atomic E-state index is 13.5. The smallest absolute Gasteiger partial charge is 0.330 e. The van der Waals surface area contributed by atoms with Crippen molar-refractivity contribution >= 4 is 14.4 Å². The van der Waals surface area contributed by atoms with Crippen LogP contribution < -0.4 is 0 Å². The Hall–Kier alpha value is -0.643. The minimum Gasteiger partial charge on any atom is -0.463 e. The number of hydrogen-bond donors (Lipinski definition) is 0. The van der Waals surface area contributed by atoms with E-state index in [-0.39, 0.29) is 5.97 Å². The van der Waals surface area contributed by atoms with Crippen LogP contribution in [-0.2, 0) is 9.53 Å². The van der Waals surface area contributed by atoms with Gasteiger partial charge in [-0.05, 0) is 32.5 Å². The zero-order valence-electron chi connectivity index (χ0n) is 19.1. The van der Waals surface area contributed by atoms with Gasteiger partial charge in [0.1, 0.15) is 0 Å². The third-order valence-electron chi connectivity index (χ3n) is 5.21. The molecule has 0 heterocycles. The maximum Gasteiger partial charge on any atom is 0.330 e. The van der Waals surface area contributed by atoms with E-state index in [2.05, 4.69) is 0 Å². The van der Waals surface area contributed by atoms with Crippen molar-refractivity contribution < 1.29 is 13.6 Å². The summed E-state index contributed by atoms with van der Waals surface area (Å²) in [5.74, 6) is -0.221. The molecule has 0 rings (SSSR count). The largest absolute Gasteiger partial charge is 0.463 e. The lowest BCUT2D eigenvalue weighted by atomic mass is 10.0. The Balaban J connectivity index is 3.09. The summed E-state index contributed by atoms with van der Waals surface area (Å²) in [5.41, 5.74) is 0.